The van der Waals surface area contributed by atoms with Crippen LogP contribution in [0, 0.1) is 0 Å². The number of alkyl carbamates (subject to hydrolysis) is 1. The molecule has 27 heavy (non-hydrogen) atoms. The molecule has 0 aliphatic rings. The number of carbonyl (C=O) groups excluding carboxylic acids is 4. The molecule has 2 rings (SSSR count). The van der Waals surface area contributed by atoms with Crippen molar-refractivity contribution in [3.8, 4) is 0 Å². The van der Waals surface area contributed by atoms with Gasteiger partial charge in [0.2, 0.25) is 5.91 Å². The molecular weight excluding hydrogens is 352 g/mol. The average Bonchev–Trinajstić information content (AvgIpc) is 2.65. The first kappa shape index (κ1) is 19.9. The fraction of sp³-hybridized carbons (Fsp3) is 0.263. The lowest BCUT2D eigenvalue weighted by Crippen LogP contribution is -2.36. The molecule has 0 unspecified atom stereocenters. The topological polar surface area (TPSA) is 111 Å². The van der Waals surface area contributed by atoms with Crippen LogP contribution in [0.4, 0.5) is 4.79 Å². The summed E-state index contributed by atoms with van der Waals surface area (Å²) in [5.74, 6) is -1.96. The van der Waals surface area contributed by atoms with Gasteiger partial charge in [-0.1, -0.05) is 42.5 Å². The first-order valence-electron chi connectivity index (χ1n) is 8.35. The van der Waals surface area contributed by atoms with E-state index in [1.807, 2.05) is 47.8 Å². The highest BCUT2D eigenvalue weighted by molar-refractivity contribution is 5.94. The number of rotatable bonds is 7. The van der Waals surface area contributed by atoms with E-state index in [4.69, 9.17) is 0 Å². The van der Waals surface area contributed by atoms with Gasteiger partial charge in [-0.15, -0.1) is 0 Å². The van der Waals surface area contributed by atoms with E-state index in [1.165, 1.54) is 0 Å². The highest BCUT2D eigenvalue weighted by Crippen LogP contribution is 2.18. The standard InChI is InChI=1S/C19H20N2O6/c1-2-26-19(25)21-17(23)12-27-18(24)11-20-16(22)10-14-8-5-7-13-6-3-4-9-15(13)14/h3-9H,2,10-12H2,1H3,(H,20,22)(H,21,23,25). The Morgan fingerprint density at radius 2 is 1.67 bits per heavy atom. The van der Waals surface area contributed by atoms with Crippen molar-refractivity contribution in [2.75, 3.05) is 19.8 Å². The average molecular weight is 372 g/mol. The summed E-state index contributed by atoms with van der Waals surface area (Å²) in [5, 5.41) is 6.32. The zero-order valence-electron chi connectivity index (χ0n) is 14.8. The van der Waals surface area contributed by atoms with Gasteiger partial charge in [-0.25, -0.2) is 4.79 Å². The normalized spacial score (nSPS) is 10.1. The van der Waals surface area contributed by atoms with Crippen molar-refractivity contribution in [2.24, 2.45) is 0 Å². The molecule has 0 bridgehead atoms. The Morgan fingerprint density at radius 3 is 2.44 bits per heavy atom. The third-order valence-electron chi connectivity index (χ3n) is 3.54. The molecule has 0 fully saturated rings. The molecule has 2 aromatic rings. The minimum atomic E-state index is -0.915. The highest BCUT2D eigenvalue weighted by atomic mass is 16.6. The molecule has 3 amide bonds. The third kappa shape index (κ3) is 6.43. The fourth-order valence-electron chi connectivity index (χ4n) is 2.37. The lowest BCUT2D eigenvalue weighted by atomic mass is 10.0. The van der Waals surface area contributed by atoms with Crippen LogP contribution in [0.2, 0.25) is 0 Å². The van der Waals surface area contributed by atoms with Crippen molar-refractivity contribution < 1.29 is 28.7 Å². The van der Waals surface area contributed by atoms with Crippen molar-refractivity contribution in [1.82, 2.24) is 10.6 Å². The van der Waals surface area contributed by atoms with E-state index < -0.39 is 24.6 Å². The van der Waals surface area contributed by atoms with Crippen molar-refractivity contribution in [2.45, 2.75) is 13.3 Å². The van der Waals surface area contributed by atoms with Crippen molar-refractivity contribution >= 4 is 34.6 Å². The Bertz CT molecular complexity index is 844. The predicted octanol–water partition coefficient (Wildman–Crippen LogP) is 1.31. The number of nitrogens with one attached hydrogen (secondary N) is 2. The van der Waals surface area contributed by atoms with Crippen LogP contribution in [0.5, 0.6) is 0 Å². The Kier molecular flexibility index (Phi) is 7.30. The number of imide groups is 1. The minimum Gasteiger partial charge on any atom is -0.454 e. The molecule has 0 aliphatic carbocycles. The monoisotopic (exact) mass is 372 g/mol. The second-order valence-corrected chi connectivity index (χ2v) is 5.52. The van der Waals surface area contributed by atoms with E-state index in [2.05, 4.69) is 14.8 Å². The first-order valence-corrected chi connectivity index (χ1v) is 8.35. The van der Waals surface area contributed by atoms with Crippen LogP contribution < -0.4 is 10.6 Å². The summed E-state index contributed by atoms with van der Waals surface area (Å²) in [5.41, 5.74) is 0.841. The maximum absolute atomic E-state index is 12.1. The molecule has 0 saturated carbocycles. The zero-order chi connectivity index (χ0) is 19.6. The van der Waals surface area contributed by atoms with Gasteiger partial charge in [-0.2, -0.15) is 0 Å². The van der Waals surface area contributed by atoms with Crippen LogP contribution in [0.1, 0.15) is 12.5 Å². The summed E-state index contributed by atoms with van der Waals surface area (Å²) >= 11 is 0. The van der Waals surface area contributed by atoms with Gasteiger partial charge in [0.15, 0.2) is 6.61 Å². The molecule has 0 aliphatic heterocycles. The molecular formula is C19H20N2O6. The Hall–Kier alpha value is -3.42. The number of hydrogen-bond acceptors (Lipinski definition) is 6. The van der Waals surface area contributed by atoms with Gasteiger partial charge in [-0.05, 0) is 23.3 Å². The lowest BCUT2D eigenvalue weighted by molar-refractivity contribution is -0.148. The van der Waals surface area contributed by atoms with Crippen LogP contribution >= 0.6 is 0 Å². The van der Waals surface area contributed by atoms with E-state index in [-0.39, 0.29) is 25.5 Å². The van der Waals surface area contributed by atoms with E-state index >= 15 is 0 Å². The molecule has 2 aromatic carbocycles. The van der Waals surface area contributed by atoms with Crippen LogP contribution in [-0.2, 0) is 30.3 Å². The number of fused-ring (bicyclic) bond motifs is 1. The molecule has 8 nitrogen and oxygen atoms in total. The number of carbonyl (C=O) groups is 4. The first-order chi connectivity index (χ1) is 13.0. The molecule has 8 heteroatoms. The number of hydrogen-bond donors (Lipinski definition) is 2. The quantitative estimate of drug-likeness (QED) is 0.709. The summed E-state index contributed by atoms with van der Waals surface area (Å²) in [7, 11) is 0. The van der Waals surface area contributed by atoms with Gasteiger partial charge in [0.1, 0.15) is 6.54 Å². The van der Waals surface area contributed by atoms with Crippen LogP contribution in [0.3, 0.4) is 0 Å². The maximum atomic E-state index is 12.1. The summed E-state index contributed by atoms with van der Waals surface area (Å²) in [6.07, 6.45) is -0.806. The molecule has 0 saturated heterocycles. The van der Waals surface area contributed by atoms with Crippen LogP contribution in [0.25, 0.3) is 10.8 Å². The van der Waals surface area contributed by atoms with E-state index in [0.717, 1.165) is 16.3 Å². The van der Waals surface area contributed by atoms with Crippen LogP contribution in [0.15, 0.2) is 42.5 Å². The maximum Gasteiger partial charge on any atom is 0.413 e. The second kappa shape index (κ2) is 9.91. The van der Waals surface area contributed by atoms with Crippen LogP contribution in [-0.4, -0.2) is 43.6 Å². The molecule has 2 N–H and O–H groups in total. The number of esters is 1. The SMILES string of the molecule is CCOC(=O)NC(=O)COC(=O)CNC(=O)Cc1cccc2ccccc12. The summed E-state index contributed by atoms with van der Waals surface area (Å²) in [6, 6.07) is 13.4. The predicted molar refractivity (Wildman–Crippen MR) is 96.8 cm³/mol. The summed E-state index contributed by atoms with van der Waals surface area (Å²) < 4.78 is 9.20. The Morgan fingerprint density at radius 1 is 0.926 bits per heavy atom. The fourth-order valence-corrected chi connectivity index (χ4v) is 2.37. The van der Waals surface area contributed by atoms with Gasteiger partial charge < -0.3 is 14.8 Å². The van der Waals surface area contributed by atoms with Gasteiger partial charge in [0, 0.05) is 0 Å². The summed E-state index contributed by atoms with van der Waals surface area (Å²) in [4.78, 5) is 46.0. The molecule has 0 atom stereocenters. The second-order valence-electron chi connectivity index (χ2n) is 5.52. The van der Waals surface area contributed by atoms with Crippen molar-refractivity contribution in [3.63, 3.8) is 0 Å². The van der Waals surface area contributed by atoms with Crippen molar-refractivity contribution in [1.29, 1.82) is 0 Å². The number of benzene rings is 2. The zero-order valence-corrected chi connectivity index (χ0v) is 14.8. The van der Waals surface area contributed by atoms with Crippen molar-refractivity contribution in [3.05, 3.63) is 48.0 Å². The summed E-state index contributed by atoms with van der Waals surface area (Å²) in [6.45, 7) is 0.680. The Balaban J connectivity index is 1.76. The Labute approximate surface area is 155 Å². The third-order valence-corrected chi connectivity index (χ3v) is 3.54. The molecule has 0 heterocycles. The van der Waals surface area contributed by atoms with Gasteiger partial charge >= 0.3 is 12.1 Å². The largest absolute Gasteiger partial charge is 0.454 e. The minimum absolute atomic E-state index is 0.109. The van der Waals surface area contributed by atoms with Gasteiger partial charge in [-0.3, -0.25) is 19.7 Å². The van der Waals surface area contributed by atoms with E-state index in [0.29, 0.717) is 0 Å². The number of ether oxygens (including phenoxy) is 2. The molecule has 142 valence electrons. The van der Waals surface area contributed by atoms with Gasteiger partial charge in [0.25, 0.3) is 5.91 Å². The lowest BCUT2D eigenvalue weighted by Gasteiger charge is -2.08. The smallest absolute Gasteiger partial charge is 0.413 e. The molecule has 0 spiro atoms. The van der Waals surface area contributed by atoms with Gasteiger partial charge in [0.05, 0.1) is 13.0 Å². The highest BCUT2D eigenvalue weighted by Gasteiger charge is 2.13. The molecule has 0 aromatic heterocycles. The number of amides is 3. The molecule has 0 radical (unpaired) electrons. The van der Waals surface area contributed by atoms with E-state index in [9.17, 15) is 19.2 Å². The van der Waals surface area contributed by atoms with E-state index in [1.54, 1.807) is 6.92 Å².